The van der Waals surface area contributed by atoms with E-state index in [1.54, 1.807) is 4.72 Å². The van der Waals surface area contributed by atoms with Crippen LogP contribution in [-0.2, 0) is 16.2 Å². The van der Waals surface area contributed by atoms with Crippen LogP contribution in [-0.4, -0.2) is 36.5 Å². The van der Waals surface area contributed by atoms with Gasteiger partial charge in [0.25, 0.3) is 0 Å². The minimum absolute atomic E-state index is 0.0428. The van der Waals surface area contributed by atoms with Crippen LogP contribution in [0.25, 0.3) is 0 Å². The number of halogens is 7. The van der Waals surface area contributed by atoms with E-state index in [0.717, 1.165) is 31.3 Å². The molecule has 0 spiro atoms. The van der Waals surface area contributed by atoms with Crippen LogP contribution < -0.4 is 15.4 Å². The Morgan fingerprint density at radius 2 is 1.50 bits per heavy atom. The summed E-state index contributed by atoms with van der Waals surface area (Å²) in [6, 6.07) is 3.43. The molecule has 1 heterocycles. The normalized spacial score (nSPS) is 21.7. The summed E-state index contributed by atoms with van der Waals surface area (Å²) in [5, 5.41) is 5.88. The van der Waals surface area contributed by atoms with E-state index in [1.165, 1.54) is 12.1 Å². The predicted octanol–water partition coefficient (Wildman–Crippen LogP) is 5.61. The fraction of sp³-hybridized carbons (Fsp3) is 0.565. The second kappa shape index (κ2) is 10.8. The van der Waals surface area contributed by atoms with Gasteiger partial charge in [-0.1, -0.05) is 12.1 Å². The van der Waals surface area contributed by atoms with Crippen molar-refractivity contribution in [3.63, 3.8) is 0 Å². The molecule has 7 nitrogen and oxygen atoms in total. The molecule has 2 fully saturated rings. The number of alkyl halides is 6. The first kappa shape index (κ1) is 28.3. The number of hydrogen-bond acceptors (Lipinski definition) is 6. The average molecular weight is 570 g/mol. The maximum absolute atomic E-state index is 15.2. The van der Waals surface area contributed by atoms with Gasteiger partial charge >= 0.3 is 21.7 Å². The molecular formula is C23H26F7N5O2S. The van der Waals surface area contributed by atoms with Crippen molar-refractivity contribution < 1.29 is 39.2 Å². The molecule has 15 heteroatoms. The van der Waals surface area contributed by atoms with E-state index in [4.69, 9.17) is 0 Å². The third-order valence-electron chi connectivity index (χ3n) is 6.80. The molecule has 0 radical (unpaired) electrons. The van der Waals surface area contributed by atoms with Crippen LogP contribution in [0.4, 0.5) is 42.4 Å². The Labute approximate surface area is 214 Å². The molecule has 2 aliphatic rings. The molecular weight excluding hydrogens is 543 g/mol. The number of nitrogens with one attached hydrogen (secondary N) is 3. The van der Waals surface area contributed by atoms with E-state index >= 15 is 4.39 Å². The quantitative estimate of drug-likeness (QED) is 0.340. The van der Waals surface area contributed by atoms with Crippen LogP contribution in [0.5, 0.6) is 0 Å². The van der Waals surface area contributed by atoms with E-state index in [9.17, 15) is 34.8 Å². The van der Waals surface area contributed by atoms with Crippen molar-refractivity contribution in [2.75, 3.05) is 17.2 Å². The minimum Gasteiger partial charge on any atom is -0.367 e. The summed E-state index contributed by atoms with van der Waals surface area (Å²) in [5.74, 6) is -0.896. The van der Waals surface area contributed by atoms with Crippen LogP contribution in [0.2, 0.25) is 0 Å². The number of aromatic nitrogens is 2. The largest absolute Gasteiger partial charge is 0.511 e. The lowest BCUT2D eigenvalue weighted by Crippen LogP contribution is -2.44. The standard InChI is InChI=1S/C23H26F7N5O2S/c24-18-20(31-11-13-1-9-17(10-2-13)35-38(36,37)23(28,29)30)32-12-33-21(18)34-19(14-3-4-14)15-5-7-16(8-6-15)22(25,26)27/h5-8,12-14,17,19,35H,1-4,9-11H2,(H2,31,32,33,34). The molecule has 210 valence electrons. The van der Waals surface area contributed by atoms with Crippen LogP contribution >= 0.6 is 0 Å². The summed E-state index contributed by atoms with van der Waals surface area (Å²) in [6.07, 6.45) is -0.393. The molecule has 2 aromatic rings. The first-order chi connectivity index (χ1) is 17.7. The first-order valence-corrected chi connectivity index (χ1v) is 13.5. The maximum atomic E-state index is 15.2. The number of hydrogen-bond donors (Lipinski definition) is 3. The summed E-state index contributed by atoms with van der Waals surface area (Å²) in [4.78, 5) is 7.87. The SMILES string of the molecule is O=S(=O)(NC1CCC(CNc2ncnc(NC(c3ccc(C(F)(F)F)cc3)C3CC3)c2F)CC1)C(F)(F)F. The molecule has 2 saturated carbocycles. The molecule has 4 rings (SSSR count). The topological polar surface area (TPSA) is 96.0 Å². The van der Waals surface area contributed by atoms with E-state index in [0.29, 0.717) is 18.4 Å². The zero-order chi connectivity index (χ0) is 27.7. The highest BCUT2D eigenvalue weighted by Gasteiger charge is 2.47. The van der Waals surface area contributed by atoms with Gasteiger partial charge in [0.15, 0.2) is 11.6 Å². The predicted molar refractivity (Wildman–Crippen MR) is 125 cm³/mol. The highest BCUT2D eigenvalue weighted by molar-refractivity contribution is 7.90. The Bertz CT molecular complexity index is 1210. The lowest BCUT2D eigenvalue weighted by molar-refractivity contribution is -0.137. The van der Waals surface area contributed by atoms with Gasteiger partial charge in [0.05, 0.1) is 11.6 Å². The molecule has 1 aromatic carbocycles. The van der Waals surface area contributed by atoms with Gasteiger partial charge in [0, 0.05) is 12.6 Å². The molecule has 0 saturated heterocycles. The third-order valence-corrected chi connectivity index (χ3v) is 8.06. The van der Waals surface area contributed by atoms with Gasteiger partial charge < -0.3 is 10.6 Å². The average Bonchev–Trinajstić information content (AvgIpc) is 3.67. The number of anilines is 2. The second-order valence-electron chi connectivity index (χ2n) is 9.63. The van der Waals surface area contributed by atoms with Gasteiger partial charge in [-0.05, 0) is 68.1 Å². The van der Waals surface area contributed by atoms with Crippen molar-refractivity contribution in [1.82, 2.24) is 14.7 Å². The number of nitrogens with zero attached hydrogens (tertiary/aromatic N) is 2. The highest BCUT2D eigenvalue weighted by Crippen LogP contribution is 2.43. The van der Waals surface area contributed by atoms with Crippen molar-refractivity contribution in [2.24, 2.45) is 11.8 Å². The van der Waals surface area contributed by atoms with Gasteiger partial charge in [-0.2, -0.15) is 30.7 Å². The Kier molecular flexibility index (Phi) is 8.07. The van der Waals surface area contributed by atoms with Crippen molar-refractivity contribution >= 4 is 21.7 Å². The Morgan fingerprint density at radius 1 is 0.895 bits per heavy atom. The van der Waals surface area contributed by atoms with Crippen molar-refractivity contribution in [1.29, 1.82) is 0 Å². The van der Waals surface area contributed by atoms with Crippen LogP contribution in [0.3, 0.4) is 0 Å². The fourth-order valence-electron chi connectivity index (χ4n) is 4.54. The lowest BCUT2D eigenvalue weighted by Gasteiger charge is -2.29. The van der Waals surface area contributed by atoms with Crippen LogP contribution in [0.15, 0.2) is 30.6 Å². The van der Waals surface area contributed by atoms with E-state index in [-0.39, 0.29) is 42.9 Å². The van der Waals surface area contributed by atoms with E-state index < -0.39 is 45.2 Å². The van der Waals surface area contributed by atoms with Crippen LogP contribution in [0, 0.1) is 17.7 Å². The molecule has 0 amide bonds. The van der Waals surface area contributed by atoms with Gasteiger partial charge in [0.1, 0.15) is 6.33 Å². The molecule has 38 heavy (non-hydrogen) atoms. The fourth-order valence-corrected chi connectivity index (χ4v) is 5.34. The second-order valence-corrected chi connectivity index (χ2v) is 11.3. The Balaban J connectivity index is 1.35. The third kappa shape index (κ3) is 6.84. The number of sulfonamides is 1. The summed E-state index contributed by atoms with van der Waals surface area (Å²) >= 11 is 0. The van der Waals surface area contributed by atoms with Crippen molar-refractivity contribution in [3.05, 3.63) is 47.5 Å². The van der Waals surface area contributed by atoms with Crippen molar-refractivity contribution in [3.8, 4) is 0 Å². The Hall–Kier alpha value is -2.68. The molecule has 1 unspecified atom stereocenters. The van der Waals surface area contributed by atoms with E-state index in [2.05, 4.69) is 20.6 Å². The molecule has 3 N–H and O–H groups in total. The molecule has 1 atom stereocenters. The van der Waals surface area contributed by atoms with Gasteiger partial charge in [-0.25, -0.2) is 23.1 Å². The monoisotopic (exact) mass is 569 g/mol. The van der Waals surface area contributed by atoms with Crippen LogP contribution in [0.1, 0.15) is 55.7 Å². The highest BCUT2D eigenvalue weighted by atomic mass is 32.2. The van der Waals surface area contributed by atoms with Gasteiger partial charge in [-0.15, -0.1) is 0 Å². The summed E-state index contributed by atoms with van der Waals surface area (Å²) < 4.78 is 116. The molecule has 1 aromatic heterocycles. The number of benzene rings is 1. The summed E-state index contributed by atoms with van der Waals surface area (Å²) in [7, 11) is -5.41. The molecule has 0 aliphatic heterocycles. The Morgan fingerprint density at radius 3 is 2.05 bits per heavy atom. The maximum Gasteiger partial charge on any atom is 0.511 e. The molecule has 2 aliphatic carbocycles. The minimum atomic E-state index is -5.41. The molecule has 0 bridgehead atoms. The van der Waals surface area contributed by atoms with Gasteiger partial charge in [-0.3, -0.25) is 0 Å². The zero-order valence-electron chi connectivity index (χ0n) is 19.9. The zero-order valence-corrected chi connectivity index (χ0v) is 20.7. The van der Waals surface area contributed by atoms with E-state index in [1.807, 2.05) is 0 Å². The first-order valence-electron chi connectivity index (χ1n) is 12.0. The summed E-state index contributed by atoms with van der Waals surface area (Å²) in [6.45, 7) is 0.261. The smallest absolute Gasteiger partial charge is 0.367 e. The van der Waals surface area contributed by atoms with Crippen molar-refractivity contribution in [2.45, 2.75) is 62.3 Å². The summed E-state index contributed by atoms with van der Waals surface area (Å²) in [5.41, 5.74) is -5.57. The number of rotatable bonds is 9. The lowest BCUT2D eigenvalue weighted by atomic mass is 9.86. The van der Waals surface area contributed by atoms with Gasteiger partial charge in [0.2, 0.25) is 5.82 Å².